The largest absolute Gasteiger partial charge is 0.497 e. The number of rotatable bonds is 8. The molecule has 1 heterocycles. The van der Waals surface area contributed by atoms with Gasteiger partial charge in [-0.05, 0) is 25.5 Å². The molecule has 0 fully saturated rings. The third-order valence-corrected chi connectivity index (χ3v) is 3.01. The van der Waals surface area contributed by atoms with E-state index in [0.29, 0.717) is 5.95 Å². The molecule has 0 atom stereocenters. The van der Waals surface area contributed by atoms with Crippen molar-refractivity contribution < 1.29 is 9.47 Å². The van der Waals surface area contributed by atoms with Gasteiger partial charge in [0.05, 0.1) is 7.11 Å². The van der Waals surface area contributed by atoms with Gasteiger partial charge in [-0.1, -0.05) is 6.07 Å². The summed E-state index contributed by atoms with van der Waals surface area (Å²) in [5, 5.41) is 6.47. The molecule has 0 unspecified atom stereocenters. The van der Waals surface area contributed by atoms with Crippen molar-refractivity contribution in [2.24, 2.45) is 0 Å². The first kappa shape index (κ1) is 16.0. The molecule has 0 spiro atoms. The molecule has 0 bridgehead atoms. The molecule has 2 aromatic rings. The fourth-order valence-electron chi connectivity index (χ4n) is 1.98. The van der Waals surface area contributed by atoms with Crippen molar-refractivity contribution in [2.75, 3.05) is 38.0 Å². The smallest absolute Gasteiger partial charge is 0.229 e. The lowest BCUT2D eigenvalue weighted by Gasteiger charge is -2.10. The number of ether oxygens (including phenoxy) is 2. The summed E-state index contributed by atoms with van der Waals surface area (Å²) in [4.78, 5) is 8.87. The highest BCUT2D eigenvalue weighted by Gasteiger charge is 2.03. The molecule has 118 valence electrons. The fourth-order valence-corrected chi connectivity index (χ4v) is 1.98. The van der Waals surface area contributed by atoms with E-state index in [4.69, 9.17) is 9.47 Å². The van der Waals surface area contributed by atoms with Gasteiger partial charge in [0.25, 0.3) is 0 Å². The zero-order valence-electron chi connectivity index (χ0n) is 13.2. The minimum atomic E-state index is 0.558. The Bertz CT molecular complexity index is 604. The molecule has 0 radical (unpaired) electrons. The first-order valence-electron chi connectivity index (χ1n) is 7.21. The lowest BCUT2D eigenvalue weighted by Crippen LogP contribution is -2.08. The van der Waals surface area contributed by atoms with Crippen LogP contribution in [0.4, 0.5) is 17.5 Å². The standard InChI is InChI=1S/C16H22N4O2/c1-12-10-15(17-8-5-9-21-2)20-16(18-12)19-13-6-4-7-14(11-13)22-3/h4,6-7,10-11H,5,8-9H2,1-3H3,(H2,17,18,19,20). The van der Waals surface area contributed by atoms with Gasteiger partial charge in [0, 0.05) is 43.8 Å². The number of nitrogens with zero attached hydrogens (tertiary/aromatic N) is 2. The van der Waals surface area contributed by atoms with Crippen LogP contribution in [0.2, 0.25) is 0 Å². The number of methoxy groups -OCH3 is 2. The second kappa shape index (κ2) is 8.19. The van der Waals surface area contributed by atoms with Crippen LogP contribution in [0.15, 0.2) is 30.3 Å². The van der Waals surface area contributed by atoms with Gasteiger partial charge in [-0.3, -0.25) is 0 Å². The topological polar surface area (TPSA) is 68.3 Å². The maximum absolute atomic E-state index is 5.21. The van der Waals surface area contributed by atoms with Gasteiger partial charge < -0.3 is 20.1 Å². The van der Waals surface area contributed by atoms with E-state index in [1.54, 1.807) is 14.2 Å². The second-order valence-corrected chi connectivity index (χ2v) is 4.85. The van der Waals surface area contributed by atoms with E-state index < -0.39 is 0 Å². The van der Waals surface area contributed by atoms with Gasteiger partial charge in [-0.15, -0.1) is 0 Å². The Morgan fingerprint density at radius 1 is 1.14 bits per heavy atom. The Hall–Kier alpha value is -2.34. The fraction of sp³-hybridized carbons (Fsp3) is 0.375. The lowest BCUT2D eigenvalue weighted by atomic mass is 10.3. The highest BCUT2D eigenvalue weighted by atomic mass is 16.5. The van der Waals surface area contributed by atoms with E-state index in [9.17, 15) is 0 Å². The molecule has 2 N–H and O–H groups in total. The van der Waals surface area contributed by atoms with E-state index in [1.165, 1.54) is 0 Å². The molecule has 6 nitrogen and oxygen atoms in total. The predicted octanol–water partition coefficient (Wildman–Crippen LogP) is 2.99. The summed E-state index contributed by atoms with van der Waals surface area (Å²) in [6.07, 6.45) is 0.929. The van der Waals surface area contributed by atoms with Crippen molar-refractivity contribution >= 4 is 17.5 Å². The summed E-state index contributed by atoms with van der Waals surface area (Å²) in [6.45, 7) is 3.48. The van der Waals surface area contributed by atoms with Crippen LogP contribution in [0.3, 0.4) is 0 Å². The third-order valence-electron chi connectivity index (χ3n) is 3.01. The summed E-state index contributed by atoms with van der Waals surface area (Å²) in [7, 11) is 3.34. The second-order valence-electron chi connectivity index (χ2n) is 4.85. The third kappa shape index (κ3) is 4.89. The highest BCUT2D eigenvalue weighted by Crippen LogP contribution is 2.20. The molecule has 6 heteroatoms. The first-order chi connectivity index (χ1) is 10.7. The molecule has 0 aliphatic carbocycles. The number of aromatic nitrogens is 2. The molecule has 1 aromatic carbocycles. The number of hydrogen-bond donors (Lipinski definition) is 2. The maximum Gasteiger partial charge on any atom is 0.229 e. The average Bonchev–Trinajstić information content (AvgIpc) is 2.51. The summed E-state index contributed by atoms with van der Waals surface area (Å²) in [5.41, 5.74) is 1.78. The number of aryl methyl sites for hydroxylation is 1. The first-order valence-corrected chi connectivity index (χ1v) is 7.21. The van der Waals surface area contributed by atoms with Crippen LogP contribution in [-0.4, -0.2) is 37.3 Å². The molecule has 0 aliphatic rings. The van der Waals surface area contributed by atoms with Crippen LogP contribution in [0.1, 0.15) is 12.1 Å². The predicted molar refractivity (Wildman–Crippen MR) is 88.0 cm³/mol. The van der Waals surface area contributed by atoms with Crippen molar-refractivity contribution in [3.8, 4) is 5.75 Å². The number of hydrogen-bond acceptors (Lipinski definition) is 6. The van der Waals surface area contributed by atoms with Gasteiger partial charge in [0.2, 0.25) is 5.95 Å². The van der Waals surface area contributed by atoms with Gasteiger partial charge in [-0.25, -0.2) is 4.98 Å². The zero-order chi connectivity index (χ0) is 15.8. The molecule has 0 amide bonds. The van der Waals surface area contributed by atoms with E-state index in [-0.39, 0.29) is 0 Å². The van der Waals surface area contributed by atoms with E-state index in [2.05, 4.69) is 20.6 Å². The molecule has 1 aromatic heterocycles. The van der Waals surface area contributed by atoms with Crippen LogP contribution < -0.4 is 15.4 Å². The van der Waals surface area contributed by atoms with Crippen molar-refractivity contribution in [1.82, 2.24) is 9.97 Å². The van der Waals surface area contributed by atoms with Gasteiger partial charge >= 0.3 is 0 Å². The molecule has 22 heavy (non-hydrogen) atoms. The number of benzene rings is 1. The molecular formula is C16H22N4O2. The van der Waals surface area contributed by atoms with Crippen molar-refractivity contribution in [3.05, 3.63) is 36.0 Å². The zero-order valence-corrected chi connectivity index (χ0v) is 13.2. The van der Waals surface area contributed by atoms with E-state index in [0.717, 1.165) is 42.5 Å². The lowest BCUT2D eigenvalue weighted by molar-refractivity contribution is 0.198. The number of nitrogens with one attached hydrogen (secondary N) is 2. The van der Waals surface area contributed by atoms with Crippen LogP contribution >= 0.6 is 0 Å². The Kier molecular flexibility index (Phi) is 5.97. The summed E-state index contributed by atoms with van der Waals surface area (Å²) in [6, 6.07) is 9.58. The molecular weight excluding hydrogens is 280 g/mol. The van der Waals surface area contributed by atoms with Crippen LogP contribution in [-0.2, 0) is 4.74 Å². The minimum absolute atomic E-state index is 0.558. The van der Waals surface area contributed by atoms with Crippen LogP contribution in [0.5, 0.6) is 5.75 Å². The Morgan fingerprint density at radius 3 is 2.77 bits per heavy atom. The summed E-state index contributed by atoms with van der Waals surface area (Å²) < 4.78 is 10.2. The molecule has 0 saturated heterocycles. The van der Waals surface area contributed by atoms with Crippen molar-refractivity contribution in [1.29, 1.82) is 0 Å². The monoisotopic (exact) mass is 302 g/mol. The Morgan fingerprint density at radius 2 is 2.00 bits per heavy atom. The Labute approximate surface area is 130 Å². The van der Waals surface area contributed by atoms with Gasteiger partial charge in [0.15, 0.2) is 0 Å². The summed E-state index contributed by atoms with van der Waals surface area (Å²) in [5.74, 6) is 2.15. The minimum Gasteiger partial charge on any atom is -0.497 e. The normalized spacial score (nSPS) is 10.3. The maximum atomic E-state index is 5.21. The molecule has 0 aliphatic heterocycles. The Balaban J connectivity index is 2.05. The average molecular weight is 302 g/mol. The number of anilines is 3. The quantitative estimate of drug-likeness (QED) is 0.731. The summed E-state index contributed by atoms with van der Waals surface area (Å²) >= 11 is 0. The van der Waals surface area contributed by atoms with Crippen LogP contribution in [0, 0.1) is 6.92 Å². The highest BCUT2D eigenvalue weighted by molar-refractivity contribution is 5.57. The van der Waals surface area contributed by atoms with Gasteiger partial charge in [0.1, 0.15) is 11.6 Å². The SMILES string of the molecule is COCCCNc1cc(C)nc(Nc2cccc(OC)c2)n1. The van der Waals surface area contributed by atoms with Crippen molar-refractivity contribution in [2.45, 2.75) is 13.3 Å². The molecule has 2 rings (SSSR count). The van der Waals surface area contributed by atoms with E-state index in [1.807, 2.05) is 37.3 Å². The van der Waals surface area contributed by atoms with E-state index >= 15 is 0 Å². The van der Waals surface area contributed by atoms with Gasteiger partial charge in [-0.2, -0.15) is 4.98 Å². The molecule has 0 saturated carbocycles. The van der Waals surface area contributed by atoms with Crippen LogP contribution in [0.25, 0.3) is 0 Å². The van der Waals surface area contributed by atoms with Crippen molar-refractivity contribution in [3.63, 3.8) is 0 Å².